The first-order valence-electron chi connectivity index (χ1n) is 27.1. The summed E-state index contributed by atoms with van der Waals surface area (Å²) in [6, 6.07) is -1.05. The van der Waals surface area contributed by atoms with E-state index in [0.717, 1.165) is 0 Å². The molecule has 0 aromatic heterocycles. The zero-order valence-electron chi connectivity index (χ0n) is 51.1. The number of carboxylic acids is 1. The Morgan fingerprint density at radius 2 is 0.872 bits per heavy atom. The largest absolute Gasteiger partial charge is 1.00 e. The van der Waals surface area contributed by atoms with E-state index in [-0.39, 0.29) is 58.6 Å². The van der Waals surface area contributed by atoms with Gasteiger partial charge in [0.15, 0.2) is 0 Å². The van der Waals surface area contributed by atoms with Gasteiger partial charge in [-0.3, -0.25) is 4.79 Å². The molecule has 0 aromatic rings. The van der Waals surface area contributed by atoms with Crippen LogP contribution >= 0.6 is 7.37 Å². The van der Waals surface area contributed by atoms with E-state index in [1.54, 1.807) is 48.5 Å². The number of aliphatic hydroxyl groups excluding tert-OH is 12. The molecule has 0 bridgehead atoms. The number of hydrogen-bond acceptors (Lipinski definition) is 21. The van der Waals surface area contributed by atoms with Crippen molar-refractivity contribution in [3.63, 3.8) is 0 Å². The van der Waals surface area contributed by atoms with Gasteiger partial charge in [-0.15, -0.1) is 0 Å². The number of aliphatic carboxylic acids is 1. The molecule has 0 aromatic carbocycles. The third kappa shape index (κ3) is 21.5. The number of aliphatic hydroxyl groups is 12. The van der Waals surface area contributed by atoms with Crippen LogP contribution in [0.3, 0.4) is 0 Å². The molecular formula is C54H106NNaO21P-. The molecule has 4 aliphatic rings. The van der Waals surface area contributed by atoms with Crippen molar-refractivity contribution in [2.75, 3.05) is 6.66 Å². The topological polar surface area (TPSA) is 389 Å². The fourth-order valence-electron chi connectivity index (χ4n) is 9.08. The van der Waals surface area contributed by atoms with Crippen molar-refractivity contribution < 1.29 is 134 Å². The SMILES string of the molecule is CC(C)(C)P(C)(=O)[O-].CCC(O)C(O)C1OC(C(=O)[O-])(C(C)(C)C)CC(O)C1NC(C)=O.CCC1OC(C(C)(C)C)C(O)C(O)C1O.CCC1OC(C(C)(C)C)C(O)C(O)C1O.CCC1OC(C(C)(C)C)C(O)C(O)C1O.[Na+]. The second-order valence-electron chi connectivity index (χ2n) is 26.5. The third-order valence-corrected chi connectivity index (χ3v) is 17.2. The Morgan fingerprint density at radius 1 is 0.590 bits per heavy atom. The smallest absolute Gasteiger partial charge is 0.799 e. The molecule has 78 heavy (non-hydrogen) atoms. The molecule has 24 heteroatoms. The molecule has 460 valence electrons. The number of hydrogen-bond donors (Lipinski definition) is 13. The van der Waals surface area contributed by atoms with Crippen molar-refractivity contribution in [2.24, 2.45) is 21.7 Å². The summed E-state index contributed by atoms with van der Waals surface area (Å²) in [5, 5.41) is 132. The van der Waals surface area contributed by atoms with Crippen molar-refractivity contribution in [2.45, 2.75) is 303 Å². The summed E-state index contributed by atoms with van der Waals surface area (Å²) in [5.74, 6) is -1.99. The second-order valence-corrected chi connectivity index (χ2v) is 29.5. The quantitative estimate of drug-likeness (QED) is 0.0865. The molecule has 1 amide bonds. The predicted molar refractivity (Wildman–Crippen MR) is 285 cm³/mol. The minimum absolute atomic E-state index is 0. The van der Waals surface area contributed by atoms with Gasteiger partial charge in [-0.05, 0) is 54.0 Å². The van der Waals surface area contributed by atoms with E-state index in [0.29, 0.717) is 19.3 Å². The van der Waals surface area contributed by atoms with E-state index in [2.05, 4.69) is 5.32 Å². The van der Waals surface area contributed by atoms with Gasteiger partial charge in [0, 0.05) is 25.9 Å². The van der Waals surface area contributed by atoms with Crippen LogP contribution in [0.1, 0.15) is 171 Å². The van der Waals surface area contributed by atoms with Gasteiger partial charge in [0.05, 0.1) is 60.8 Å². The number of ether oxygens (including phenoxy) is 4. The van der Waals surface area contributed by atoms with Crippen molar-refractivity contribution in [1.82, 2.24) is 5.32 Å². The Balaban J connectivity index is 0. The van der Waals surface area contributed by atoms with E-state index in [9.17, 15) is 85.4 Å². The molecule has 0 spiro atoms. The molecule has 22 nitrogen and oxygen atoms in total. The number of carbonyl (C=O) groups is 2. The fourth-order valence-corrected chi connectivity index (χ4v) is 9.08. The van der Waals surface area contributed by atoms with Crippen molar-refractivity contribution in [1.29, 1.82) is 0 Å². The summed E-state index contributed by atoms with van der Waals surface area (Å²) in [6.07, 6.45) is -15.5. The van der Waals surface area contributed by atoms with E-state index < -0.39 is 157 Å². The Bertz CT molecular complexity index is 1700. The number of carbonyl (C=O) groups excluding carboxylic acids is 2. The first-order valence-corrected chi connectivity index (χ1v) is 29.1. The Morgan fingerprint density at radius 3 is 1.06 bits per heavy atom. The molecule has 4 saturated heterocycles. The molecule has 4 fully saturated rings. The first kappa shape index (κ1) is 79.6. The van der Waals surface area contributed by atoms with Crippen LogP contribution in [0.15, 0.2) is 0 Å². The maximum atomic E-state index is 11.8. The summed E-state index contributed by atoms with van der Waals surface area (Å²) >= 11 is 0. The van der Waals surface area contributed by atoms with Gasteiger partial charge in [-0.2, -0.15) is 0 Å². The number of nitrogens with one attached hydrogen (secondary N) is 1. The monoisotopic (exact) mass is 1160 g/mol. The maximum absolute atomic E-state index is 11.8. The molecular weight excluding hydrogens is 1050 g/mol. The van der Waals surface area contributed by atoms with Crippen LogP contribution in [-0.2, 0) is 33.1 Å². The summed E-state index contributed by atoms with van der Waals surface area (Å²) in [4.78, 5) is 33.9. The van der Waals surface area contributed by atoms with E-state index in [1.807, 2.05) is 83.1 Å². The number of carboxylic acid groups (broad SMARTS) is 1. The van der Waals surface area contributed by atoms with E-state index in [4.69, 9.17) is 18.9 Å². The molecule has 0 saturated carbocycles. The van der Waals surface area contributed by atoms with Crippen molar-refractivity contribution in [3.8, 4) is 0 Å². The van der Waals surface area contributed by atoms with Gasteiger partial charge in [-0.1, -0.05) is 132 Å². The summed E-state index contributed by atoms with van der Waals surface area (Å²) in [6.45, 7) is 37.2. The average molecular weight is 1160 g/mol. The first-order chi connectivity index (χ1) is 34.5. The van der Waals surface area contributed by atoms with Gasteiger partial charge < -0.3 is 105 Å². The maximum Gasteiger partial charge on any atom is 1.00 e. The minimum atomic E-state index is -3.10. The molecule has 4 heterocycles. The summed E-state index contributed by atoms with van der Waals surface area (Å²) in [7, 11) is -3.10. The molecule has 22 atom stereocenters. The van der Waals surface area contributed by atoms with Gasteiger partial charge in [-0.25, -0.2) is 0 Å². The van der Waals surface area contributed by atoms with Crippen LogP contribution in [0.5, 0.6) is 0 Å². The van der Waals surface area contributed by atoms with Crippen LogP contribution in [0.2, 0.25) is 0 Å². The Hall–Kier alpha value is -0.510. The molecule has 0 aliphatic carbocycles. The summed E-state index contributed by atoms with van der Waals surface area (Å²) in [5.41, 5.74) is -3.60. The van der Waals surface area contributed by atoms with Crippen LogP contribution in [0.25, 0.3) is 0 Å². The standard InChI is InChI=1S/C16H29NO7.3C11H22O4.C5H13O2P.Na/c1-6-9(19)12(21)13-11(17-8(2)18)10(20)7-16(24-13,14(22)23)15(3,4)5;3*1-5-6-7(12)8(13)9(14)10(15-6)11(2,3)4;1-5(2,3)8(4,6)7;/h9-13,19-21H,6-7H2,1-5H3,(H,17,18)(H,22,23);3*6-10,12-14H,5H2,1-4H3;1-4H3,(H,6,7);/q;;;;;+1/p-2. The number of amides is 1. The van der Waals surface area contributed by atoms with Crippen molar-refractivity contribution >= 4 is 19.2 Å². The van der Waals surface area contributed by atoms with Gasteiger partial charge >= 0.3 is 29.6 Å². The minimum Gasteiger partial charge on any atom is -0.799 e. The van der Waals surface area contributed by atoms with Gasteiger partial charge in [0.25, 0.3) is 0 Å². The molecule has 0 radical (unpaired) electrons. The van der Waals surface area contributed by atoms with E-state index in [1.165, 1.54) is 13.6 Å². The second kappa shape index (κ2) is 31.6. The van der Waals surface area contributed by atoms with E-state index >= 15 is 0 Å². The predicted octanol–water partition coefficient (Wildman–Crippen LogP) is -2.76. The van der Waals surface area contributed by atoms with Crippen LogP contribution in [0, 0.1) is 21.7 Å². The zero-order chi connectivity index (χ0) is 61.3. The van der Waals surface area contributed by atoms with Crippen LogP contribution in [0.4, 0.5) is 0 Å². The Labute approximate surface area is 487 Å². The molecule has 4 rings (SSSR count). The van der Waals surface area contributed by atoms with Gasteiger partial charge in [0.2, 0.25) is 5.91 Å². The molecule has 22 unspecified atom stereocenters. The zero-order valence-corrected chi connectivity index (χ0v) is 54.0. The average Bonchev–Trinajstić information content (AvgIpc) is 3.28. The summed E-state index contributed by atoms with van der Waals surface area (Å²) < 4.78 is 33.3. The molecule has 4 aliphatic heterocycles. The third-order valence-electron chi connectivity index (χ3n) is 14.8. The van der Waals surface area contributed by atoms with Gasteiger partial charge in [0.1, 0.15) is 72.7 Å². The van der Waals surface area contributed by atoms with Crippen LogP contribution in [-0.4, -0.2) is 213 Å². The Kier molecular flexibility index (Phi) is 32.2. The van der Waals surface area contributed by atoms with Crippen LogP contribution < -0.4 is 44.9 Å². The fraction of sp³-hybridized carbons (Fsp3) is 0.963. The normalized spacial score (nSPS) is 37.2. The molecule has 13 N–H and O–H groups in total. The van der Waals surface area contributed by atoms with Crippen molar-refractivity contribution in [3.05, 3.63) is 0 Å². The number of rotatable bonds is 8.